The Balaban J connectivity index is 1.38. The van der Waals surface area contributed by atoms with Gasteiger partial charge in [0.05, 0.1) is 18.2 Å². The van der Waals surface area contributed by atoms with E-state index in [0.29, 0.717) is 19.4 Å². The number of para-hydroxylation sites is 1. The number of likely N-dealkylation sites (tertiary alicyclic amines) is 1. The predicted octanol–water partition coefficient (Wildman–Crippen LogP) is 3.11. The van der Waals surface area contributed by atoms with Crippen LogP contribution in [0.25, 0.3) is 0 Å². The third-order valence-corrected chi connectivity index (χ3v) is 9.65. The van der Waals surface area contributed by atoms with E-state index in [4.69, 9.17) is 4.74 Å². The zero-order valence-electron chi connectivity index (χ0n) is 31.8. The Labute approximate surface area is 322 Å². The first-order valence-electron chi connectivity index (χ1n) is 19.0. The topological polar surface area (TPSA) is 166 Å². The number of nitrogens with zero attached hydrogens (tertiary/aromatic N) is 2. The number of benzene rings is 3. The van der Waals surface area contributed by atoms with Gasteiger partial charge in [0.15, 0.2) is 0 Å². The number of likely N-dealkylation sites (N-methyl/N-ethyl adjacent to an activating group) is 1. The number of hydrogen-bond donors (Lipinski definition) is 4. The molecule has 2 heterocycles. The van der Waals surface area contributed by atoms with Crippen LogP contribution < -0.4 is 26.0 Å². The van der Waals surface area contributed by atoms with Crippen LogP contribution in [-0.4, -0.2) is 90.1 Å². The van der Waals surface area contributed by atoms with Gasteiger partial charge in [-0.2, -0.15) is 0 Å². The molecule has 3 aromatic rings. The van der Waals surface area contributed by atoms with Gasteiger partial charge in [-0.15, -0.1) is 0 Å². The van der Waals surface area contributed by atoms with E-state index in [1.807, 2.05) is 73.3 Å². The molecule has 0 radical (unpaired) electrons. The minimum Gasteiger partial charge on any atom is -0.491 e. The summed E-state index contributed by atoms with van der Waals surface area (Å²) in [5.74, 6) is -1.80. The van der Waals surface area contributed by atoms with Gasteiger partial charge in [0.1, 0.15) is 24.4 Å². The molecule has 0 unspecified atom stereocenters. The summed E-state index contributed by atoms with van der Waals surface area (Å²) in [5.41, 5.74) is 2.77. The fraction of sp³-hybridized carbons (Fsp3) is 0.429. The van der Waals surface area contributed by atoms with Crippen molar-refractivity contribution in [3.63, 3.8) is 0 Å². The van der Waals surface area contributed by atoms with Gasteiger partial charge in [0.2, 0.25) is 29.5 Å². The van der Waals surface area contributed by atoms with E-state index in [1.165, 1.54) is 11.9 Å². The molecule has 0 spiro atoms. The predicted molar refractivity (Wildman–Crippen MR) is 206 cm³/mol. The molecule has 4 N–H and O–H groups in total. The van der Waals surface area contributed by atoms with Crippen LogP contribution >= 0.6 is 0 Å². The van der Waals surface area contributed by atoms with E-state index >= 15 is 0 Å². The second-order valence-electron chi connectivity index (χ2n) is 14.7. The zero-order valence-corrected chi connectivity index (χ0v) is 31.8. The van der Waals surface area contributed by atoms with Crippen LogP contribution in [0, 0.1) is 5.92 Å². The molecule has 0 aliphatic carbocycles. The average Bonchev–Trinajstić information content (AvgIpc) is 3.57. The summed E-state index contributed by atoms with van der Waals surface area (Å²) in [5, 5.41) is 11.5. The van der Waals surface area contributed by atoms with E-state index in [2.05, 4.69) is 21.3 Å². The second kappa shape index (κ2) is 19.6. The minimum absolute atomic E-state index is 0.0630. The van der Waals surface area contributed by atoms with Gasteiger partial charge < -0.3 is 35.8 Å². The molecule has 13 nitrogen and oxygen atoms in total. The Morgan fingerprint density at radius 1 is 0.855 bits per heavy atom. The van der Waals surface area contributed by atoms with Crippen LogP contribution in [0.2, 0.25) is 0 Å². The Morgan fingerprint density at radius 3 is 2.33 bits per heavy atom. The first-order valence-corrected chi connectivity index (χ1v) is 19.0. The first kappa shape index (κ1) is 40.5. The monoisotopic (exact) mass is 752 g/mol. The highest BCUT2D eigenvalue weighted by atomic mass is 16.5. The SMILES string of the molecule is CC(C)C[C@H]1COc2ccccc2C(=O)N[C@H](C(=O)NCc2cccc(CN3CCCC3=O)c2)CCC(=O)N[C@@H](Cc2ccccc2)C(=O)N(C)CC(=O)N1. The molecule has 0 saturated carbocycles. The average molecular weight is 753 g/mol. The Morgan fingerprint density at radius 2 is 1.58 bits per heavy atom. The van der Waals surface area contributed by atoms with Crippen LogP contribution in [-0.2, 0) is 43.5 Å². The molecule has 6 amide bonds. The molecule has 55 heavy (non-hydrogen) atoms. The van der Waals surface area contributed by atoms with Gasteiger partial charge in [-0.25, -0.2) is 0 Å². The van der Waals surface area contributed by atoms with Crippen molar-refractivity contribution in [2.45, 2.75) is 83.6 Å². The maximum atomic E-state index is 13.8. The maximum absolute atomic E-state index is 13.8. The van der Waals surface area contributed by atoms with Crippen molar-refractivity contribution in [1.82, 2.24) is 31.1 Å². The van der Waals surface area contributed by atoms with Crippen molar-refractivity contribution in [3.05, 3.63) is 101 Å². The summed E-state index contributed by atoms with van der Waals surface area (Å²) in [6.45, 7) is 5.22. The lowest BCUT2D eigenvalue weighted by Gasteiger charge is -2.27. The number of hydrogen-bond acceptors (Lipinski definition) is 7. The lowest BCUT2D eigenvalue weighted by atomic mass is 10.0. The number of nitrogens with one attached hydrogen (secondary N) is 4. The smallest absolute Gasteiger partial charge is 0.255 e. The van der Waals surface area contributed by atoms with E-state index in [1.54, 1.807) is 24.3 Å². The third-order valence-electron chi connectivity index (χ3n) is 9.65. The highest BCUT2D eigenvalue weighted by molar-refractivity contribution is 6.00. The number of carbonyl (C=O) groups excluding carboxylic acids is 6. The summed E-state index contributed by atoms with van der Waals surface area (Å²) in [6, 6.07) is 21.0. The van der Waals surface area contributed by atoms with Gasteiger partial charge in [-0.05, 0) is 54.0 Å². The van der Waals surface area contributed by atoms with Crippen molar-refractivity contribution in [2.75, 3.05) is 26.7 Å². The summed E-state index contributed by atoms with van der Waals surface area (Å²) in [7, 11) is 1.52. The Bertz CT molecular complexity index is 1830. The van der Waals surface area contributed by atoms with Gasteiger partial charge in [-0.3, -0.25) is 28.8 Å². The number of carbonyl (C=O) groups is 6. The molecule has 1 fully saturated rings. The molecule has 3 aromatic carbocycles. The minimum atomic E-state index is -1.12. The quantitative estimate of drug-likeness (QED) is 0.261. The highest BCUT2D eigenvalue weighted by Crippen LogP contribution is 2.20. The number of rotatable bonds is 9. The molecule has 13 heteroatoms. The molecule has 1 saturated heterocycles. The molecule has 2 aliphatic heterocycles. The molecule has 3 atom stereocenters. The normalized spacial score (nSPS) is 20.4. The van der Waals surface area contributed by atoms with E-state index in [-0.39, 0.29) is 68.0 Å². The highest BCUT2D eigenvalue weighted by Gasteiger charge is 2.29. The van der Waals surface area contributed by atoms with Crippen LogP contribution in [0.15, 0.2) is 78.9 Å². The van der Waals surface area contributed by atoms with Crippen LogP contribution in [0.4, 0.5) is 0 Å². The zero-order chi connectivity index (χ0) is 39.3. The van der Waals surface area contributed by atoms with Crippen molar-refractivity contribution in [2.24, 2.45) is 5.92 Å². The summed E-state index contributed by atoms with van der Waals surface area (Å²) in [4.78, 5) is 83.4. The van der Waals surface area contributed by atoms with Gasteiger partial charge in [0.25, 0.3) is 5.91 Å². The molecule has 0 bridgehead atoms. The molecular formula is C42H52N6O7. The van der Waals surface area contributed by atoms with E-state index in [9.17, 15) is 28.8 Å². The Kier molecular flexibility index (Phi) is 14.4. The number of fused-ring (bicyclic) bond motifs is 1. The van der Waals surface area contributed by atoms with E-state index < -0.39 is 41.8 Å². The lowest BCUT2D eigenvalue weighted by molar-refractivity contribution is -0.138. The molecular weight excluding hydrogens is 700 g/mol. The van der Waals surface area contributed by atoms with Gasteiger partial charge in [-0.1, -0.05) is 80.6 Å². The first-order chi connectivity index (χ1) is 26.4. The maximum Gasteiger partial charge on any atom is 0.255 e. The number of ether oxygens (including phenoxy) is 1. The van der Waals surface area contributed by atoms with Gasteiger partial charge in [0, 0.05) is 45.9 Å². The summed E-state index contributed by atoms with van der Waals surface area (Å²) >= 11 is 0. The van der Waals surface area contributed by atoms with Crippen LogP contribution in [0.3, 0.4) is 0 Å². The molecule has 0 aromatic heterocycles. The largest absolute Gasteiger partial charge is 0.491 e. The van der Waals surface area contributed by atoms with Gasteiger partial charge >= 0.3 is 0 Å². The molecule has 5 rings (SSSR count). The van der Waals surface area contributed by atoms with Crippen LogP contribution in [0.1, 0.15) is 73.0 Å². The Hall–Kier alpha value is -5.72. The standard InChI is InChI=1S/C42H52N6O7/c1-28(2)21-32-27-55-36-16-8-7-15-33(36)40(52)46-34(41(53)43-24-30-13-9-14-31(22-30)25-48-20-10-17-39(48)51)18-19-37(49)45-35(23-29-11-5-4-6-12-29)42(54)47(3)26-38(50)44-32/h4-9,11-16,22,28,32,34-35H,10,17-21,23-27H2,1-3H3,(H,43,53)(H,44,50)(H,45,49)(H,46,52)/t32-,34-,35-/m0/s1. The fourth-order valence-electron chi connectivity index (χ4n) is 6.88. The van der Waals surface area contributed by atoms with Crippen molar-refractivity contribution >= 4 is 35.4 Å². The summed E-state index contributed by atoms with van der Waals surface area (Å²) < 4.78 is 6.13. The fourth-order valence-corrected chi connectivity index (χ4v) is 6.88. The second-order valence-corrected chi connectivity index (χ2v) is 14.7. The number of amides is 6. The van der Waals surface area contributed by atoms with Crippen molar-refractivity contribution in [1.29, 1.82) is 0 Å². The lowest BCUT2D eigenvalue weighted by Crippen LogP contribution is -2.52. The molecule has 2 aliphatic rings. The third kappa shape index (κ3) is 12.1. The van der Waals surface area contributed by atoms with Crippen LogP contribution in [0.5, 0.6) is 5.75 Å². The molecule has 292 valence electrons. The van der Waals surface area contributed by atoms with E-state index in [0.717, 1.165) is 29.7 Å². The van der Waals surface area contributed by atoms with Crippen molar-refractivity contribution < 1.29 is 33.5 Å². The van der Waals surface area contributed by atoms with Crippen molar-refractivity contribution in [3.8, 4) is 5.75 Å². The summed E-state index contributed by atoms with van der Waals surface area (Å²) in [6.07, 6.45) is 1.90.